The highest BCUT2D eigenvalue weighted by molar-refractivity contribution is 7.07. The zero-order chi connectivity index (χ0) is 16.8. The SMILES string of the molecule is CC[C@@H]1CN(CC(=O)N(C)Cc2ccsc2)CCN1C[C@H](C)O. The average Bonchev–Trinajstić information content (AvgIpc) is 3.01. The van der Waals surface area contributed by atoms with Crippen LogP contribution in [0.3, 0.4) is 0 Å². The molecule has 0 aliphatic carbocycles. The Bertz CT molecular complexity index is 478. The maximum absolute atomic E-state index is 12.4. The van der Waals surface area contributed by atoms with Crippen molar-refractivity contribution in [2.45, 2.75) is 39.0 Å². The third-order valence-corrected chi connectivity index (χ3v) is 5.18. The summed E-state index contributed by atoms with van der Waals surface area (Å²) < 4.78 is 0. The number of β-amino-alcohol motifs (C(OH)–C–C–N with tert-alkyl or cyclic N) is 1. The first-order valence-electron chi connectivity index (χ1n) is 8.39. The minimum absolute atomic E-state index is 0.176. The minimum Gasteiger partial charge on any atom is -0.392 e. The van der Waals surface area contributed by atoms with Crippen LogP contribution in [0.5, 0.6) is 0 Å². The standard InChI is InChI=1S/C17H29N3O2S/c1-4-16-11-19(6-7-20(16)9-14(2)21)12-17(22)18(3)10-15-5-8-23-13-15/h5,8,13-14,16,21H,4,6-7,9-12H2,1-3H3/t14-,16+/m0/s1. The summed E-state index contributed by atoms with van der Waals surface area (Å²) in [6, 6.07) is 2.49. The van der Waals surface area contributed by atoms with E-state index in [2.05, 4.69) is 28.2 Å². The van der Waals surface area contributed by atoms with Crippen LogP contribution in [0.15, 0.2) is 16.8 Å². The van der Waals surface area contributed by atoms with Gasteiger partial charge in [-0.15, -0.1) is 0 Å². The molecule has 130 valence electrons. The predicted octanol–water partition coefficient (Wildman–Crippen LogP) is 1.48. The molecule has 0 unspecified atom stereocenters. The molecule has 1 saturated heterocycles. The van der Waals surface area contributed by atoms with E-state index < -0.39 is 0 Å². The number of rotatable bonds is 7. The maximum atomic E-state index is 12.4. The lowest BCUT2D eigenvalue weighted by Gasteiger charge is -2.41. The van der Waals surface area contributed by atoms with Crippen LogP contribution in [0.4, 0.5) is 0 Å². The number of aliphatic hydroxyl groups excluding tert-OH is 1. The topological polar surface area (TPSA) is 47.0 Å². The van der Waals surface area contributed by atoms with E-state index in [1.54, 1.807) is 11.3 Å². The molecule has 1 aliphatic heterocycles. The van der Waals surface area contributed by atoms with Gasteiger partial charge in [0.2, 0.25) is 5.91 Å². The summed E-state index contributed by atoms with van der Waals surface area (Å²) in [5.74, 6) is 0.176. The Morgan fingerprint density at radius 3 is 2.91 bits per heavy atom. The van der Waals surface area contributed by atoms with E-state index >= 15 is 0 Å². The first kappa shape index (κ1) is 18.4. The molecule has 1 amide bonds. The largest absolute Gasteiger partial charge is 0.392 e. The molecule has 1 aromatic rings. The van der Waals surface area contributed by atoms with Gasteiger partial charge in [-0.25, -0.2) is 0 Å². The zero-order valence-corrected chi connectivity index (χ0v) is 15.3. The lowest BCUT2D eigenvalue weighted by Crippen LogP contribution is -2.56. The molecule has 5 nitrogen and oxygen atoms in total. The van der Waals surface area contributed by atoms with Gasteiger partial charge in [0, 0.05) is 45.8 Å². The van der Waals surface area contributed by atoms with E-state index in [0.29, 0.717) is 19.1 Å². The molecule has 23 heavy (non-hydrogen) atoms. The number of carbonyl (C=O) groups excluding carboxylic acids is 1. The second-order valence-electron chi connectivity index (χ2n) is 6.52. The Morgan fingerprint density at radius 2 is 2.30 bits per heavy atom. The van der Waals surface area contributed by atoms with E-state index in [0.717, 1.165) is 32.6 Å². The van der Waals surface area contributed by atoms with Crippen molar-refractivity contribution in [2.75, 3.05) is 39.8 Å². The first-order chi connectivity index (χ1) is 11.0. The number of nitrogens with zero attached hydrogens (tertiary/aromatic N) is 3. The molecule has 0 spiro atoms. The molecule has 2 heterocycles. The van der Waals surface area contributed by atoms with E-state index in [-0.39, 0.29) is 12.0 Å². The van der Waals surface area contributed by atoms with Gasteiger partial charge in [0.25, 0.3) is 0 Å². The van der Waals surface area contributed by atoms with Crippen molar-refractivity contribution >= 4 is 17.2 Å². The van der Waals surface area contributed by atoms with Crippen molar-refractivity contribution in [3.8, 4) is 0 Å². The van der Waals surface area contributed by atoms with E-state index in [4.69, 9.17) is 0 Å². The fourth-order valence-corrected chi connectivity index (χ4v) is 3.78. The molecule has 0 radical (unpaired) electrons. The highest BCUT2D eigenvalue weighted by Crippen LogP contribution is 2.14. The molecule has 0 aromatic carbocycles. The van der Waals surface area contributed by atoms with Gasteiger partial charge in [0.15, 0.2) is 0 Å². The van der Waals surface area contributed by atoms with Gasteiger partial charge in [-0.05, 0) is 35.7 Å². The van der Waals surface area contributed by atoms with Gasteiger partial charge < -0.3 is 10.0 Å². The summed E-state index contributed by atoms with van der Waals surface area (Å²) in [5, 5.41) is 13.7. The van der Waals surface area contributed by atoms with Crippen molar-refractivity contribution < 1.29 is 9.90 Å². The van der Waals surface area contributed by atoms with Gasteiger partial charge in [-0.3, -0.25) is 14.6 Å². The second kappa shape index (κ2) is 8.78. The number of thiophene rings is 1. The monoisotopic (exact) mass is 339 g/mol. The molecule has 2 atom stereocenters. The van der Waals surface area contributed by atoms with E-state index in [1.165, 1.54) is 5.56 Å². The zero-order valence-electron chi connectivity index (χ0n) is 14.4. The van der Waals surface area contributed by atoms with Crippen LogP contribution < -0.4 is 0 Å². The number of hydrogen-bond donors (Lipinski definition) is 1. The first-order valence-corrected chi connectivity index (χ1v) is 9.33. The number of hydrogen-bond acceptors (Lipinski definition) is 5. The van der Waals surface area contributed by atoms with Crippen molar-refractivity contribution in [1.29, 1.82) is 0 Å². The average molecular weight is 340 g/mol. The molecular formula is C17H29N3O2S. The number of likely N-dealkylation sites (N-methyl/N-ethyl adjacent to an activating group) is 1. The van der Waals surface area contributed by atoms with Gasteiger partial charge in [0.05, 0.1) is 12.6 Å². The van der Waals surface area contributed by atoms with Gasteiger partial charge in [-0.2, -0.15) is 11.3 Å². The summed E-state index contributed by atoms with van der Waals surface area (Å²) in [4.78, 5) is 18.8. The molecule has 1 N–H and O–H groups in total. The summed E-state index contributed by atoms with van der Waals surface area (Å²) in [6.45, 7) is 8.61. The molecule has 0 bridgehead atoms. The Labute approximate surface area is 143 Å². The Balaban J connectivity index is 1.82. The molecule has 0 saturated carbocycles. The van der Waals surface area contributed by atoms with Crippen LogP contribution in [-0.2, 0) is 11.3 Å². The highest BCUT2D eigenvalue weighted by atomic mass is 32.1. The number of aliphatic hydroxyl groups is 1. The molecule has 1 aromatic heterocycles. The van der Waals surface area contributed by atoms with Crippen LogP contribution in [0.1, 0.15) is 25.8 Å². The van der Waals surface area contributed by atoms with Crippen molar-refractivity contribution in [2.24, 2.45) is 0 Å². The Kier molecular flexibility index (Phi) is 7.02. The normalized spacial score (nSPS) is 21.3. The number of piperazine rings is 1. The summed E-state index contributed by atoms with van der Waals surface area (Å²) in [6.07, 6.45) is 0.747. The fourth-order valence-electron chi connectivity index (χ4n) is 3.12. The van der Waals surface area contributed by atoms with Crippen molar-refractivity contribution in [1.82, 2.24) is 14.7 Å². The van der Waals surface area contributed by atoms with Crippen molar-refractivity contribution in [3.63, 3.8) is 0 Å². The van der Waals surface area contributed by atoms with Crippen LogP contribution in [0.25, 0.3) is 0 Å². The quantitative estimate of drug-likeness (QED) is 0.817. The third kappa shape index (κ3) is 5.57. The second-order valence-corrected chi connectivity index (χ2v) is 7.30. The minimum atomic E-state index is -0.297. The smallest absolute Gasteiger partial charge is 0.236 e. The van der Waals surface area contributed by atoms with Crippen LogP contribution in [-0.4, -0.2) is 77.6 Å². The van der Waals surface area contributed by atoms with Gasteiger partial charge >= 0.3 is 0 Å². The van der Waals surface area contributed by atoms with Gasteiger partial charge in [-0.1, -0.05) is 6.92 Å². The maximum Gasteiger partial charge on any atom is 0.236 e. The molecule has 1 aliphatic rings. The molecule has 2 rings (SSSR count). The Morgan fingerprint density at radius 1 is 1.52 bits per heavy atom. The van der Waals surface area contributed by atoms with Crippen LogP contribution in [0.2, 0.25) is 0 Å². The van der Waals surface area contributed by atoms with Crippen LogP contribution in [0, 0.1) is 0 Å². The van der Waals surface area contributed by atoms with Crippen LogP contribution >= 0.6 is 11.3 Å². The summed E-state index contributed by atoms with van der Waals surface area (Å²) in [7, 11) is 1.88. The molecular weight excluding hydrogens is 310 g/mol. The van der Waals surface area contributed by atoms with Crippen molar-refractivity contribution in [3.05, 3.63) is 22.4 Å². The number of carbonyl (C=O) groups is 1. The molecule has 6 heteroatoms. The Hall–Kier alpha value is -0.950. The van der Waals surface area contributed by atoms with E-state index in [1.807, 2.05) is 24.3 Å². The number of amides is 1. The highest BCUT2D eigenvalue weighted by Gasteiger charge is 2.27. The lowest BCUT2D eigenvalue weighted by molar-refractivity contribution is -0.132. The van der Waals surface area contributed by atoms with Gasteiger partial charge in [0.1, 0.15) is 0 Å². The third-order valence-electron chi connectivity index (χ3n) is 4.44. The molecule has 1 fully saturated rings. The predicted molar refractivity (Wildman–Crippen MR) is 94.6 cm³/mol. The fraction of sp³-hybridized carbons (Fsp3) is 0.706. The summed E-state index contributed by atoms with van der Waals surface area (Å²) >= 11 is 1.66. The lowest BCUT2D eigenvalue weighted by atomic mass is 10.1. The van der Waals surface area contributed by atoms with E-state index in [9.17, 15) is 9.90 Å². The summed E-state index contributed by atoms with van der Waals surface area (Å²) in [5.41, 5.74) is 1.19.